The maximum Gasteiger partial charge on any atom is 0.248 e. The zero-order valence-corrected chi connectivity index (χ0v) is 15.0. The van der Waals surface area contributed by atoms with E-state index in [0.717, 1.165) is 22.6 Å². The van der Waals surface area contributed by atoms with Crippen LogP contribution in [0.25, 0.3) is 11.8 Å². The molecule has 0 radical (unpaired) electrons. The van der Waals surface area contributed by atoms with Crippen LogP contribution in [0, 0.1) is 13.8 Å². The Hall–Kier alpha value is -2.86. The fraction of sp³-hybridized carbons (Fsp3) is 0.300. The predicted octanol–water partition coefficient (Wildman–Crippen LogP) is 1.82. The number of morpholine rings is 1. The largest absolute Gasteiger partial charge is 0.367 e. The number of nitrogens with zero attached hydrogens (tertiary/aromatic N) is 2. The Balaban J connectivity index is 1.77. The van der Waals surface area contributed by atoms with Gasteiger partial charge in [-0.1, -0.05) is 18.2 Å². The minimum absolute atomic E-state index is 0.149. The molecule has 6 heteroatoms. The van der Waals surface area contributed by atoms with Crippen LogP contribution in [0.5, 0.6) is 0 Å². The van der Waals surface area contributed by atoms with Crippen molar-refractivity contribution >= 4 is 17.9 Å². The van der Waals surface area contributed by atoms with Crippen molar-refractivity contribution in [3.63, 3.8) is 0 Å². The fourth-order valence-corrected chi connectivity index (χ4v) is 3.22. The zero-order valence-electron chi connectivity index (χ0n) is 15.0. The van der Waals surface area contributed by atoms with Gasteiger partial charge in [0.25, 0.3) is 0 Å². The zero-order chi connectivity index (χ0) is 18.7. The Bertz CT molecular complexity index is 839. The molecule has 0 spiro atoms. The van der Waals surface area contributed by atoms with Crippen molar-refractivity contribution < 1.29 is 14.3 Å². The Kier molecular flexibility index (Phi) is 5.23. The first-order valence-corrected chi connectivity index (χ1v) is 8.59. The second kappa shape index (κ2) is 7.58. The van der Waals surface area contributed by atoms with E-state index in [0.29, 0.717) is 13.2 Å². The minimum Gasteiger partial charge on any atom is -0.367 e. The average molecular weight is 353 g/mol. The number of aryl methyl sites for hydroxylation is 1. The molecule has 1 aromatic carbocycles. The molecule has 2 amide bonds. The van der Waals surface area contributed by atoms with Crippen LogP contribution in [0.4, 0.5) is 0 Å². The summed E-state index contributed by atoms with van der Waals surface area (Å²) in [6.07, 6.45) is 2.63. The summed E-state index contributed by atoms with van der Waals surface area (Å²) in [7, 11) is 0. The monoisotopic (exact) mass is 353 g/mol. The van der Waals surface area contributed by atoms with Crippen molar-refractivity contribution in [2.75, 3.05) is 19.7 Å². The standard InChI is InChI=1S/C20H23N3O3/c1-14-12-16(15(2)23(14)17-6-4-3-5-7-17)8-9-19(24)22-10-11-26-18(13-22)20(21)25/h3-9,12,18H,10-11,13H2,1-2H3,(H2,21,25)/b9-8+. The number of hydrogen-bond donors (Lipinski definition) is 1. The third-order valence-electron chi connectivity index (χ3n) is 4.59. The summed E-state index contributed by atoms with van der Waals surface area (Å²) in [5.41, 5.74) is 9.50. The topological polar surface area (TPSA) is 77.6 Å². The fourth-order valence-electron chi connectivity index (χ4n) is 3.22. The third kappa shape index (κ3) is 3.70. The van der Waals surface area contributed by atoms with Gasteiger partial charge in [0.2, 0.25) is 11.8 Å². The maximum absolute atomic E-state index is 12.4. The minimum atomic E-state index is -0.732. The molecular formula is C20H23N3O3. The Morgan fingerprint density at radius 3 is 2.65 bits per heavy atom. The van der Waals surface area contributed by atoms with Gasteiger partial charge in [-0.05, 0) is 43.7 Å². The van der Waals surface area contributed by atoms with Gasteiger partial charge in [0, 0.05) is 29.7 Å². The van der Waals surface area contributed by atoms with Crippen molar-refractivity contribution in [3.8, 4) is 5.69 Å². The van der Waals surface area contributed by atoms with Gasteiger partial charge in [-0.3, -0.25) is 9.59 Å². The number of ether oxygens (including phenoxy) is 1. The number of para-hydroxylation sites is 1. The van der Waals surface area contributed by atoms with E-state index in [9.17, 15) is 9.59 Å². The number of rotatable bonds is 4. The molecule has 1 atom stereocenters. The Labute approximate surface area is 152 Å². The SMILES string of the molecule is Cc1cc(/C=C/C(=O)N2CCOC(C(N)=O)C2)c(C)n1-c1ccccc1. The first-order valence-electron chi connectivity index (χ1n) is 8.59. The lowest BCUT2D eigenvalue weighted by Gasteiger charge is -2.30. The van der Waals surface area contributed by atoms with Crippen LogP contribution in [0.2, 0.25) is 0 Å². The van der Waals surface area contributed by atoms with Crippen LogP contribution in [0.3, 0.4) is 0 Å². The van der Waals surface area contributed by atoms with E-state index >= 15 is 0 Å². The highest BCUT2D eigenvalue weighted by Gasteiger charge is 2.26. The Morgan fingerprint density at radius 2 is 1.96 bits per heavy atom. The van der Waals surface area contributed by atoms with E-state index in [4.69, 9.17) is 10.5 Å². The van der Waals surface area contributed by atoms with Gasteiger partial charge in [0.15, 0.2) is 6.10 Å². The highest BCUT2D eigenvalue weighted by Crippen LogP contribution is 2.21. The van der Waals surface area contributed by atoms with Gasteiger partial charge in [-0.15, -0.1) is 0 Å². The van der Waals surface area contributed by atoms with Gasteiger partial charge < -0.3 is 19.9 Å². The van der Waals surface area contributed by atoms with Crippen molar-refractivity contribution in [1.82, 2.24) is 9.47 Å². The number of primary amides is 1. The number of carbonyl (C=O) groups is 2. The molecule has 1 aromatic heterocycles. The van der Waals surface area contributed by atoms with Crippen LogP contribution in [-0.2, 0) is 14.3 Å². The molecule has 2 heterocycles. The number of hydrogen-bond acceptors (Lipinski definition) is 3. The van der Waals surface area contributed by atoms with Crippen LogP contribution in [-0.4, -0.2) is 47.1 Å². The first-order chi connectivity index (χ1) is 12.5. The molecule has 1 aliphatic rings. The molecule has 26 heavy (non-hydrogen) atoms. The van der Waals surface area contributed by atoms with E-state index in [1.165, 1.54) is 0 Å². The highest BCUT2D eigenvalue weighted by molar-refractivity contribution is 5.92. The number of amides is 2. The van der Waals surface area contributed by atoms with E-state index in [2.05, 4.69) is 22.8 Å². The summed E-state index contributed by atoms with van der Waals surface area (Å²) in [6, 6.07) is 12.1. The second-order valence-electron chi connectivity index (χ2n) is 6.38. The van der Waals surface area contributed by atoms with Crippen molar-refractivity contribution in [2.24, 2.45) is 5.73 Å². The van der Waals surface area contributed by atoms with Crippen molar-refractivity contribution in [1.29, 1.82) is 0 Å². The lowest BCUT2D eigenvalue weighted by molar-refractivity contribution is -0.142. The lowest BCUT2D eigenvalue weighted by atomic mass is 10.2. The second-order valence-corrected chi connectivity index (χ2v) is 6.38. The van der Waals surface area contributed by atoms with E-state index in [-0.39, 0.29) is 12.5 Å². The lowest BCUT2D eigenvalue weighted by Crippen LogP contribution is -2.50. The molecule has 0 aliphatic carbocycles. The molecule has 136 valence electrons. The smallest absolute Gasteiger partial charge is 0.248 e. The van der Waals surface area contributed by atoms with Crippen LogP contribution < -0.4 is 5.73 Å². The number of aromatic nitrogens is 1. The van der Waals surface area contributed by atoms with Crippen LogP contribution in [0.15, 0.2) is 42.5 Å². The van der Waals surface area contributed by atoms with Gasteiger partial charge in [-0.25, -0.2) is 0 Å². The number of nitrogens with two attached hydrogens (primary N) is 1. The van der Waals surface area contributed by atoms with E-state index in [1.54, 1.807) is 11.0 Å². The quantitative estimate of drug-likeness (QED) is 0.852. The van der Waals surface area contributed by atoms with Gasteiger partial charge in [-0.2, -0.15) is 0 Å². The van der Waals surface area contributed by atoms with Gasteiger partial charge in [0.1, 0.15) is 0 Å². The molecule has 1 aliphatic heterocycles. The predicted molar refractivity (Wildman–Crippen MR) is 99.8 cm³/mol. The summed E-state index contributed by atoms with van der Waals surface area (Å²) in [6.45, 7) is 5.04. The normalized spacial score (nSPS) is 17.6. The molecule has 2 N–H and O–H groups in total. The van der Waals surface area contributed by atoms with Crippen molar-refractivity contribution in [3.05, 3.63) is 59.4 Å². The van der Waals surface area contributed by atoms with E-state index in [1.807, 2.05) is 38.1 Å². The number of carbonyl (C=O) groups excluding carboxylic acids is 2. The average Bonchev–Trinajstić information content (AvgIpc) is 2.94. The van der Waals surface area contributed by atoms with Crippen LogP contribution in [0.1, 0.15) is 17.0 Å². The summed E-state index contributed by atoms with van der Waals surface area (Å²) in [5.74, 6) is -0.693. The summed E-state index contributed by atoms with van der Waals surface area (Å²) >= 11 is 0. The molecule has 1 fully saturated rings. The van der Waals surface area contributed by atoms with Crippen molar-refractivity contribution in [2.45, 2.75) is 20.0 Å². The highest BCUT2D eigenvalue weighted by atomic mass is 16.5. The summed E-state index contributed by atoms with van der Waals surface area (Å²) in [4.78, 5) is 25.3. The summed E-state index contributed by atoms with van der Waals surface area (Å²) < 4.78 is 7.43. The maximum atomic E-state index is 12.4. The summed E-state index contributed by atoms with van der Waals surface area (Å²) in [5, 5.41) is 0. The Morgan fingerprint density at radius 1 is 1.23 bits per heavy atom. The molecule has 0 bridgehead atoms. The molecule has 6 nitrogen and oxygen atoms in total. The molecule has 1 saturated heterocycles. The van der Waals surface area contributed by atoms with Gasteiger partial charge >= 0.3 is 0 Å². The molecule has 0 saturated carbocycles. The van der Waals surface area contributed by atoms with Crippen LogP contribution >= 0.6 is 0 Å². The number of benzene rings is 1. The third-order valence-corrected chi connectivity index (χ3v) is 4.59. The van der Waals surface area contributed by atoms with Gasteiger partial charge in [0.05, 0.1) is 13.2 Å². The molecular weight excluding hydrogens is 330 g/mol. The molecule has 3 rings (SSSR count). The molecule has 2 aromatic rings. The van der Waals surface area contributed by atoms with E-state index < -0.39 is 12.0 Å². The first kappa shape index (κ1) is 17.9. The molecule has 1 unspecified atom stereocenters.